The molecule has 1 N–H and O–H groups in total. The summed E-state index contributed by atoms with van der Waals surface area (Å²) in [6.07, 6.45) is 2.04. The molecule has 0 spiro atoms. The summed E-state index contributed by atoms with van der Waals surface area (Å²) >= 11 is 1.18. The first-order valence-corrected chi connectivity index (χ1v) is 7.55. The van der Waals surface area contributed by atoms with Gasteiger partial charge in [0.1, 0.15) is 5.82 Å². The van der Waals surface area contributed by atoms with Crippen molar-refractivity contribution in [2.45, 2.75) is 30.5 Å². The summed E-state index contributed by atoms with van der Waals surface area (Å²) in [5.74, 6) is 0.215. The van der Waals surface area contributed by atoms with Gasteiger partial charge in [0, 0.05) is 26.2 Å². The molecule has 1 aromatic heterocycles. The van der Waals surface area contributed by atoms with Crippen molar-refractivity contribution in [3.8, 4) is 0 Å². The van der Waals surface area contributed by atoms with Crippen LogP contribution in [0.5, 0.6) is 0 Å². The number of thioether (sulfide) groups is 1. The quantitative estimate of drug-likeness (QED) is 0.752. The Balaban J connectivity index is 2.14. The molecule has 1 aromatic rings. The predicted molar refractivity (Wildman–Crippen MR) is 73.1 cm³/mol. The highest BCUT2D eigenvalue weighted by atomic mass is 32.2. The number of nitrogens with zero attached hydrogens (tertiary/aromatic N) is 3. The molecule has 20 heavy (non-hydrogen) atoms. The lowest BCUT2D eigenvalue weighted by molar-refractivity contribution is -0.133. The predicted octanol–water partition coefficient (Wildman–Crippen LogP) is 0.995. The summed E-state index contributed by atoms with van der Waals surface area (Å²) in [6, 6.07) is 0. The van der Waals surface area contributed by atoms with Crippen LogP contribution in [0, 0.1) is 0 Å². The minimum absolute atomic E-state index is 0.0215. The zero-order valence-electron chi connectivity index (χ0n) is 11.4. The molecule has 0 amide bonds. The van der Waals surface area contributed by atoms with Gasteiger partial charge in [0.25, 0.3) is 0 Å². The molecule has 8 heteroatoms. The Labute approximate surface area is 121 Å². The highest BCUT2D eigenvalue weighted by molar-refractivity contribution is 7.99. The molecule has 1 saturated heterocycles. The third-order valence-electron chi connectivity index (χ3n) is 3.11. The molecule has 1 unspecified atom stereocenters. The van der Waals surface area contributed by atoms with E-state index in [-0.39, 0.29) is 11.7 Å². The Hall–Kier alpha value is -1.12. The van der Waals surface area contributed by atoms with E-state index in [1.54, 1.807) is 7.11 Å². The number of aliphatic carboxylic acids is 1. The number of hydrogen-bond donors (Lipinski definition) is 1. The Kier molecular flexibility index (Phi) is 5.81. The van der Waals surface area contributed by atoms with Crippen LogP contribution in [0.1, 0.15) is 24.6 Å². The highest BCUT2D eigenvalue weighted by Crippen LogP contribution is 2.27. The van der Waals surface area contributed by atoms with Gasteiger partial charge in [-0.3, -0.25) is 4.79 Å². The van der Waals surface area contributed by atoms with E-state index >= 15 is 0 Å². The summed E-state index contributed by atoms with van der Waals surface area (Å²) in [7, 11) is 1.64. The van der Waals surface area contributed by atoms with Crippen molar-refractivity contribution < 1.29 is 19.4 Å². The molecule has 112 valence electrons. The maximum absolute atomic E-state index is 10.7. The molecule has 0 aromatic carbocycles. The Morgan fingerprint density at radius 2 is 2.45 bits per heavy atom. The van der Waals surface area contributed by atoms with E-state index in [1.165, 1.54) is 11.8 Å². The van der Waals surface area contributed by atoms with Gasteiger partial charge in [-0.25, -0.2) is 0 Å². The molecule has 1 aliphatic heterocycles. The SMILES string of the molecule is COCCn1c(SCC(=O)O)nnc1C1CCCOC1. The van der Waals surface area contributed by atoms with E-state index in [9.17, 15) is 4.79 Å². The van der Waals surface area contributed by atoms with Gasteiger partial charge in [0.15, 0.2) is 5.16 Å². The van der Waals surface area contributed by atoms with Gasteiger partial charge in [0.2, 0.25) is 0 Å². The molecule has 1 aliphatic rings. The molecule has 7 nitrogen and oxygen atoms in total. The van der Waals surface area contributed by atoms with E-state index in [0.29, 0.717) is 24.9 Å². The number of hydrogen-bond acceptors (Lipinski definition) is 6. The summed E-state index contributed by atoms with van der Waals surface area (Å²) in [5.41, 5.74) is 0. The van der Waals surface area contributed by atoms with Gasteiger partial charge in [0.05, 0.1) is 19.0 Å². The van der Waals surface area contributed by atoms with Crippen LogP contribution in [-0.4, -0.2) is 58.5 Å². The van der Waals surface area contributed by atoms with E-state index in [4.69, 9.17) is 14.6 Å². The summed E-state index contributed by atoms with van der Waals surface area (Å²) in [6.45, 7) is 2.61. The molecular formula is C12H19N3O4S. The van der Waals surface area contributed by atoms with Crippen molar-refractivity contribution in [1.82, 2.24) is 14.8 Å². The minimum Gasteiger partial charge on any atom is -0.481 e. The summed E-state index contributed by atoms with van der Waals surface area (Å²) in [4.78, 5) is 10.7. The Morgan fingerprint density at radius 3 is 3.10 bits per heavy atom. The fourth-order valence-corrected chi connectivity index (χ4v) is 2.86. The van der Waals surface area contributed by atoms with Crippen LogP contribution in [0.25, 0.3) is 0 Å². The van der Waals surface area contributed by atoms with Crippen molar-refractivity contribution in [2.24, 2.45) is 0 Å². The lowest BCUT2D eigenvalue weighted by Gasteiger charge is -2.22. The number of carbonyl (C=O) groups is 1. The second-order valence-electron chi connectivity index (χ2n) is 4.58. The monoisotopic (exact) mass is 301 g/mol. The highest BCUT2D eigenvalue weighted by Gasteiger charge is 2.24. The van der Waals surface area contributed by atoms with Crippen LogP contribution in [0.3, 0.4) is 0 Å². The van der Waals surface area contributed by atoms with Crippen molar-refractivity contribution in [3.63, 3.8) is 0 Å². The average Bonchev–Trinajstić information content (AvgIpc) is 2.86. The largest absolute Gasteiger partial charge is 0.481 e. The van der Waals surface area contributed by atoms with E-state index < -0.39 is 5.97 Å². The smallest absolute Gasteiger partial charge is 0.313 e. The van der Waals surface area contributed by atoms with Crippen LogP contribution in [0.2, 0.25) is 0 Å². The lowest BCUT2D eigenvalue weighted by atomic mass is 10.0. The van der Waals surface area contributed by atoms with Gasteiger partial charge < -0.3 is 19.1 Å². The number of ether oxygens (including phenoxy) is 2. The fraction of sp³-hybridized carbons (Fsp3) is 0.750. The number of carboxylic acids is 1. The fourth-order valence-electron chi connectivity index (χ4n) is 2.17. The topological polar surface area (TPSA) is 86.5 Å². The van der Waals surface area contributed by atoms with Crippen LogP contribution >= 0.6 is 11.8 Å². The van der Waals surface area contributed by atoms with Crippen LogP contribution < -0.4 is 0 Å². The van der Waals surface area contributed by atoms with E-state index in [0.717, 1.165) is 25.3 Å². The first kappa shape index (κ1) is 15.3. The standard InChI is InChI=1S/C12H19N3O4S/c1-18-6-4-15-11(9-3-2-5-19-7-9)13-14-12(15)20-8-10(16)17/h9H,2-8H2,1H3,(H,16,17). The zero-order chi connectivity index (χ0) is 14.4. The Bertz CT molecular complexity index is 446. The first-order valence-electron chi connectivity index (χ1n) is 6.56. The number of aromatic nitrogens is 3. The molecule has 0 bridgehead atoms. The van der Waals surface area contributed by atoms with Crippen molar-refractivity contribution >= 4 is 17.7 Å². The molecule has 0 aliphatic carbocycles. The number of rotatable bonds is 7. The molecule has 1 fully saturated rings. The van der Waals surface area contributed by atoms with Gasteiger partial charge in [-0.1, -0.05) is 11.8 Å². The molecular weight excluding hydrogens is 282 g/mol. The van der Waals surface area contributed by atoms with Crippen LogP contribution in [0.4, 0.5) is 0 Å². The van der Waals surface area contributed by atoms with Crippen molar-refractivity contribution in [3.05, 3.63) is 5.82 Å². The van der Waals surface area contributed by atoms with E-state index in [1.807, 2.05) is 4.57 Å². The molecule has 1 atom stereocenters. The summed E-state index contributed by atoms with van der Waals surface area (Å²) in [5, 5.41) is 17.8. The maximum Gasteiger partial charge on any atom is 0.313 e. The third kappa shape index (κ3) is 3.94. The second-order valence-corrected chi connectivity index (χ2v) is 5.52. The van der Waals surface area contributed by atoms with Gasteiger partial charge in [-0.15, -0.1) is 10.2 Å². The Morgan fingerprint density at radius 1 is 1.60 bits per heavy atom. The van der Waals surface area contributed by atoms with Gasteiger partial charge >= 0.3 is 5.97 Å². The number of methoxy groups -OCH3 is 1. The number of carboxylic acid groups (broad SMARTS) is 1. The minimum atomic E-state index is -0.862. The third-order valence-corrected chi connectivity index (χ3v) is 4.07. The van der Waals surface area contributed by atoms with Crippen LogP contribution in [-0.2, 0) is 20.8 Å². The molecule has 0 radical (unpaired) electrons. The zero-order valence-corrected chi connectivity index (χ0v) is 12.3. The average molecular weight is 301 g/mol. The summed E-state index contributed by atoms with van der Waals surface area (Å²) < 4.78 is 12.5. The molecule has 0 saturated carbocycles. The second kappa shape index (κ2) is 7.61. The van der Waals surface area contributed by atoms with Gasteiger partial charge in [-0.05, 0) is 12.8 Å². The van der Waals surface area contributed by atoms with Gasteiger partial charge in [-0.2, -0.15) is 0 Å². The van der Waals surface area contributed by atoms with Crippen molar-refractivity contribution in [2.75, 3.05) is 32.7 Å². The molecule has 2 heterocycles. The van der Waals surface area contributed by atoms with Crippen molar-refractivity contribution in [1.29, 1.82) is 0 Å². The van der Waals surface area contributed by atoms with E-state index in [2.05, 4.69) is 10.2 Å². The molecule has 2 rings (SSSR count). The van der Waals surface area contributed by atoms with Crippen LogP contribution in [0.15, 0.2) is 5.16 Å². The normalized spacial score (nSPS) is 19.1. The lowest BCUT2D eigenvalue weighted by Crippen LogP contribution is -2.21. The maximum atomic E-state index is 10.7. The first-order chi connectivity index (χ1) is 9.72.